The lowest BCUT2D eigenvalue weighted by atomic mass is 10.1. The second-order valence-corrected chi connectivity index (χ2v) is 6.92. The molecular formula is C24H15FN4O2. The zero-order valence-electron chi connectivity index (χ0n) is 16.1. The molecule has 1 N–H and O–H groups in total. The van der Waals surface area contributed by atoms with Crippen LogP contribution in [0.5, 0.6) is 0 Å². The Morgan fingerprint density at radius 3 is 2.42 bits per heavy atom. The number of halogens is 1. The third-order valence-corrected chi connectivity index (χ3v) is 5.01. The van der Waals surface area contributed by atoms with Gasteiger partial charge >= 0.3 is 0 Å². The number of amides is 1. The average Bonchev–Trinajstić information content (AvgIpc) is 2.80. The van der Waals surface area contributed by atoms with Gasteiger partial charge in [-0.2, -0.15) is 0 Å². The summed E-state index contributed by atoms with van der Waals surface area (Å²) in [5.74, 6) is -0.937. The lowest BCUT2D eigenvalue weighted by Crippen LogP contribution is -2.24. The highest BCUT2D eigenvalue weighted by Crippen LogP contribution is 2.22. The fourth-order valence-electron chi connectivity index (χ4n) is 3.52. The molecule has 150 valence electrons. The van der Waals surface area contributed by atoms with Crippen LogP contribution in [0.4, 0.5) is 10.1 Å². The highest BCUT2D eigenvalue weighted by atomic mass is 19.1. The Hall–Kier alpha value is -4.39. The van der Waals surface area contributed by atoms with Crippen LogP contribution in [-0.2, 0) is 0 Å². The van der Waals surface area contributed by atoms with Crippen LogP contribution in [-0.4, -0.2) is 20.4 Å². The number of fused-ring (bicyclic) bond motifs is 2. The van der Waals surface area contributed by atoms with E-state index in [0.29, 0.717) is 22.4 Å². The van der Waals surface area contributed by atoms with Gasteiger partial charge in [0.2, 0.25) is 5.43 Å². The number of carbonyl (C=O) groups is 1. The molecule has 1 amide bonds. The maximum absolute atomic E-state index is 13.4. The smallest absolute Gasteiger partial charge is 0.261 e. The Balaban J connectivity index is 1.66. The lowest BCUT2D eigenvalue weighted by molar-refractivity contribution is 0.102. The minimum Gasteiger partial charge on any atom is -0.321 e. The topological polar surface area (TPSA) is 76.9 Å². The number of benzene rings is 2. The van der Waals surface area contributed by atoms with Crippen molar-refractivity contribution in [3.63, 3.8) is 0 Å². The highest BCUT2D eigenvalue weighted by molar-refractivity contribution is 6.09. The van der Waals surface area contributed by atoms with Crippen molar-refractivity contribution in [3.05, 3.63) is 107 Å². The Bertz CT molecular complexity index is 1510. The van der Waals surface area contributed by atoms with E-state index in [4.69, 9.17) is 0 Å². The van der Waals surface area contributed by atoms with E-state index in [1.54, 1.807) is 59.4 Å². The summed E-state index contributed by atoms with van der Waals surface area (Å²) >= 11 is 0. The lowest BCUT2D eigenvalue weighted by Gasteiger charge is -2.13. The van der Waals surface area contributed by atoms with Crippen LogP contribution < -0.4 is 10.7 Å². The van der Waals surface area contributed by atoms with Crippen LogP contribution in [0.3, 0.4) is 0 Å². The molecule has 6 nitrogen and oxygen atoms in total. The second kappa shape index (κ2) is 7.46. The molecule has 7 heteroatoms. The summed E-state index contributed by atoms with van der Waals surface area (Å²) in [4.78, 5) is 34.8. The minimum absolute atomic E-state index is 0.0503. The first-order chi connectivity index (χ1) is 15.1. The van der Waals surface area contributed by atoms with Crippen molar-refractivity contribution in [1.29, 1.82) is 0 Å². The molecule has 0 saturated heterocycles. The molecule has 3 heterocycles. The van der Waals surface area contributed by atoms with Gasteiger partial charge in [0.15, 0.2) is 0 Å². The Labute approximate surface area is 175 Å². The zero-order valence-corrected chi connectivity index (χ0v) is 16.1. The van der Waals surface area contributed by atoms with Gasteiger partial charge in [0.25, 0.3) is 5.91 Å². The first-order valence-corrected chi connectivity index (χ1v) is 9.53. The fourth-order valence-corrected chi connectivity index (χ4v) is 3.52. The van der Waals surface area contributed by atoms with Gasteiger partial charge in [0, 0.05) is 29.7 Å². The predicted octanol–water partition coefficient (Wildman–Crippen LogP) is 4.33. The van der Waals surface area contributed by atoms with E-state index < -0.39 is 11.3 Å². The van der Waals surface area contributed by atoms with Gasteiger partial charge in [0.1, 0.15) is 17.0 Å². The zero-order chi connectivity index (χ0) is 21.4. The molecule has 2 aromatic carbocycles. The summed E-state index contributed by atoms with van der Waals surface area (Å²) in [7, 11) is 0. The van der Waals surface area contributed by atoms with Gasteiger partial charge in [-0.1, -0.05) is 6.07 Å². The summed E-state index contributed by atoms with van der Waals surface area (Å²) in [5, 5.41) is 3.88. The molecule has 0 fully saturated rings. The maximum atomic E-state index is 13.4. The van der Waals surface area contributed by atoms with Gasteiger partial charge in [-0.05, 0) is 60.7 Å². The van der Waals surface area contributed by atoms with Crippen LogP contribution in [0.1, 0.15) is 10.4 Å². The van der Waals surface area contributed by atoms with Crippen molar-refractivity contribution in [2.75, 3.05) is 5.32 Å². The molecule has 0 unspecified atom stereocenters. The number of hydrogen-bond donors (Lipinski definition) is 1. The summed E-state index contributed by atoms with van der Waals surface area (Å²) < 4.78 is 15.0. The summed E-state index contributed by atoms with van der Waals surface area (Å²) in [6.07, 6.45) is 4.67. The molecule has 5 aromatic rings. The SMILES string of the molecule is O=C(Nc1cccc2ncccc12)c1cn(-c2ccc(F)cc2)c2ncccc2c1=O. The number of carbonyl (C=O) groups excluding carboxylic acids is 1. The summed E-state index contributed by atoms with van der Waals surface area (Å²) in [6.45, 7) is 0. The number of anilines is 1. The van der Waals surface area contributed by atoms with E-state index in [9.17, 15) is 14.0 Å². The molecule has 5 rings (SSSR count). The number of hydrogen-bond acceptors (Lipinski definition) is 4. The highest BCUT2D eigenvalue weighted by Gasteiger charge is 2.18. The Morgan fingerprint density at radius 2 is 1.61 bits per heavy atom. The van der Waals surface area contributed by atoms with E-state index in [1.165, 1.54) is 18.3 Å². The van der Waals surface area contributed by atoms with Gasteiger partial charge in [0.05, 0.1) is 16.6 Å². The monoisotopic (exact) mass is 410 g/mol. The first kappa shape index (κ1) is 18.6. The third-order valence-electron chi connectivity index (χ3n) is 5.01. The second-order valence-electron chi connectivity index (χ2n) is 6.92. The summed E-state index contributed by atoms with van der Waals surface area (Å²) in [6, 6.07) is 18.0. The van der Waals surface area contributed by atoms with Gasteiger partial charge in [-0.15, -0.1) is 0 Å². The molecule has 0 bridgehead atoms. The van der Waals surface area contributed by atoms with E-state index in [-0.39, 0.29) is 11.4 Å². The van der Waals surface area contributed by atoms with Gasteiger partial charge < -0.3 is 9.88 Å². The van der Waals surface area contributed by atoms with Crippen molar-refractivity contribution < 1.29 is 9.18 Å². The molecule has 0 spiro atoms. The molecule has 0 aliphatic rings. The Morgan fingerprint density at radius 1 is 0.871 bits per heavy atom. The molecule has 0 aliphatic carbocycles. The predicted molar refractivity (Wildman–Crippen MR) is 117 cm³/mol. The average molecular weight is 410 g/mol. The molecular weight excluding hydrogens is 395 g/mol. The molecule has 3 aromatic heterocycles. The molecule has 31 heavy (non-hydrogen) atoms. The van der Waals surface area contributed by atoms with E-state index >= 15 is 0 Å². The number of nitrogens with one attached hydrogen (secondary N) is 1. The minimum atomic E-state index is -0.553. The number of aromatic nitrogens is 3. The largest absolute Gasteiger partial charge is 0.321 e. The maximum Gasteiger partial charge on any atom is 0.261 e. The van der Waals surface area contributed by atoms with Crippen molar-refractivity contribution in [2.24, 2.45) is 0 Å². The van der Waals surface area contributed by atoms with E-state index in [2.05, 4.69) is 15.3 Å². The van der Waals surface area contributed by atoms with Crippen LogP contribution in [0.2, 0.25) is 0 Å². The fraction of sp³-hybridized carbons (Fsp3) is 0. The van der Waals surface area contributed by atoms with Crippen molar-refractivity contribution >= 4 is 33.5 Å². The van der Waals surface area contributed by atoms with Gasteiger partial charge in [-0.3, -0.25) is 14.6 Å². The molecule has 0 radical (unpaired) electrons. The standard InChI is InChI=1S/C24H15FN4O2/c25-15-8-10-16(11-9-15)29-14-19(22(30)18-5-3-13-27-23(18)29)24(31)28-21-7-1-6-20-17(21)4-2-12-26-20/h1-14H,(H,28,31). The summed E-state index contributed by atoms with van der Waals surface area (Å²) in [5.41, 5.74) is 1.75. The van der Waals surface area contributed by atoms with Crippen molar-refractivity contribution in [1.82, 2.24) is 14.5 Å². The molecule has 0 aliphatic heterocycles. The van der Waals surface area contributed by atoms with Crippen LogP contribution in [0.25, 0.3) is 27.6 Å². The van der Waals surface area contributed by atoms with Crippen molar-refractivity contribution in [2.45, 2.75) is 0 Å². The Kier molecular flexibility index (Phi) is 4.48. The van der Waals surface area contributed by atoms with E-state index in [0.717, 1.165) is 10.9 Å². The van der Waals surface area contributed by atoms with Gasteiger partial charge in [-0.25, -0.2) is 9.37 Å². The molecule has 0 atom stereocenters. The quantitative estimate of drug-likeness (QED) is 0.480. The van der Waals surface area contributed by atoms with Crippen LogP contribution >= 0.6 is 0 Å². The van der Waals surface area contributed by atoms with Crippen molar-refractivity contribution in [3.8, 4) is 5.69 Å². The van der Waals surface area contributed by atoms with Crippen LogP contribution in [0, 0.1) is 5.82 Å². The number of pyridine rings is 3. The normalized spacial score (nSPS) is 11.0. The first-order valence-electron chi connectivity index (χ1n) is 9.53. The molecule has 0 saturated carbocycles. The number of nitrogens with zero attached hydrogens (tertiary/aromatic N) is 3. The van der Waals surface area contributed by atoms with E-state index in [1.807, 2.05) is 12.1 Å². The van der Waals surface area contributed by atoms with Crippen LogP contribution in [0.15, 0.2) is 90.1 Å². The number of rotatable bonds is 3. The third kappa shape index (κ3) is 3.32.